The molecule has 0 radical (unpaired) electrons. The van der Waals surface area contributed by atoms with Gasteiger partial charge in [0.1, 0.15) is 33.1 Å². The van der Waals surface area contributed by atoms with Gasteiger partial charge in [0.15, 0.2) is 0 Å². The van der Waals surface area contributed by atoms with Gasteiger partial charge in [-0.2, -0.15) is 0 Å². The number of aromatic nitrogens is 1. The summed E-state index contributed by atoms with van der Waals surface area (Å²) in [5.41, 5.74) is 1.56. The molecule has 3 aromatic rings. The Bertz CT molecular complexity index is 1080. The number of methoxy groups -OCH3 is 2. The molecule has 0 fully saturated rings. The molecule has 0 bridgehead atoms. The molecule has 0 amide bonds. The van der Waals surface area contributed by atoms with E-state index in [1.54, 1.807) is 55.8 Å². The van der Waals surface area contributed by atoms with E-state index in [-0.39, 0.29) is 5.97 Å². The highest BCUT2D eigenvalue weighted by molar-refractivity contribution is 7.85. The summed E-state index contributed by atoms with van der Waals surface area (Å²) in [6, 6.07) is 15.8. The number of carbonyl (C=O) groups is 1. The second-order valence-corrected chi connectivity index (χ2v) is 7.54. The number of esters is 1. The summed E-state index contributed by atoms with van der Waals surface area (Å²) in [7, 11) is 1.54. The molecule has 0 saturated carbocycles. The first-order valence-electron chi connectivity index (χ1n) is 9.07. The molecule has 2 aromatic carbocycles. The molecule has 3 rings (SSSR count). The fourth-order valence-electron chi connectivity index (χ4n) is 2.75. The maximum absolute atomic E-state index is 13.3. The minimum absolute atomic E-state index is 0.372. The van der Waals surface area contributed by atoms with E-state index in [1.807, 2.05) is 24.3 Å². The minimum atomic E-state index is -1.55. The van der Waals surface area contributed by atoms with E-state index in [2.05, 4.69) is 4.98 Å². The summed E-state index contributed by atoms with van der Waals surface area (Å²) in [5, 5.41) is 0.432. The van der Waals surface area contributed by atoms with Crippen LogP contribution >= 0.6 is 0 Å². The highest BCUT2D eigenvalue weighted by atomic mass is 32.2. The first kappa shape index (κ1) is 21.3. The van der Waals surface area contributed by atoms with Gasteiger partial charge in [0.2, 0.25) is 0 Å². The Morgan fingerprint density at radius 2 is 1.73 bits per heavy atom. The molecule has 0 spiro atoms. The van der Waals surface area contributed by atoms with Crippen LogP contribution in [0.1, 0.15) is 18.1 Å². The minimum Gasteiger partial charge on any atom is -0.497 e. The van der Waals surface area contributed by atoms with E-state index in [0.717, 1.165) is 5.56 Å². The number of pyridine rings is 1. The van der Waals surface area contributed by atoms with Crippen molar-refractivity contribution in [3.05, 3.63) is 71.9 Å². The van der Waals surface area contributed by atoms with Gasteiger partial charge in [-0.1, -0.05) is 30.4 Å². The summed E-state index contributed by atoms with van der Waals surface area (Å²) < 4.78 is 29.2. The zero-order chi connectivity index (χ0) is 21.5. The number of rotatable bonds is 7. The SMILES string of the molecule is COc1cc(/C=C/c2ccc(OC(C)=O)cc2)c(S(=O)c2ccccn2)c(OC)c1. The fraction of sp³-hybridized carbons (Fsp3) is 0.130. The Morgan fingerprint density at radius 1 is 0.967 bits per heavy atom. The van der Waals surface area contributed by atoms with Gasteiger partial charge in [-0.05, 0) is 41.5 Å². The molecule has 1 atom stereocenters. The third-order valence-electron chi connectivity index (χ3n) is 4.12. The molecule has 0 aliphatic heterocycles. The molecule has 7 heteroatoms. The highest BCUT2D eigenvalue weighted by Gasteiger charge is 2.19. The van der Waals surface area contributed by atoms with Crippen molar-refractivity contribution in [3.63, 3.8) is 0 Å². The average Bonchev–Trinajstić information content (AvgIpc) is 2.77. The van der Waals surface area contributed by atoms with Crippen LogP contribution in [0.3, 0.4) is 0 Å². The standard InChI is InChI=1S/C23H21NO5S/c1-16(25)29-19-11-8-17(9-12-19)7-10-18-14-20(27-2)15-21(28-3)23(18)30(26)22-6-4-5-13-24-22/h4-15H,1-3H3/b10-7+. The maximum Gasteiger partial charge on any atom is 0.308 e. The Kier molecular flexibility index (Phi) is 6.98. The van der Waals surface area contributed by atoms with Crippen molar-refractivity contribution >= 4 is 28.9 Å². The number of hydrogen-bond acceptors (Lipinski definition) is 6. The smallest absolute Gasteiger partial charge is 0.308 e. The monoisotopic (exact) mass is 423 g/mol. The molecule has 154 valence electrons. The van der Waals surface area contributed by atoms with Crippen molar-refractivity contribution in [2.24, 2.45) is 0 Å². The number of hydrogen-bond donors (Lipinski definition) is 0. The molecule has 0 aliphatic rings. The lowest BCUT2D eigenvalue weighted by molar-refractivity contribution is -0.131. The van der Waals surface area contributed by atoms with Crippen LogP contribution in [0.5, 0.6) is 17.2 Å². The molecular weight excluding hydrogens is 402 g/mol. The van der Waals surface area contributed by atoms with Crippen LogP contribution in [0, 0.1) is 0 Å². The summed E-state index contributed by atoms with van der Waals surface area (Å²) in [5.74, 6) is 1.13. The van der Waals surface area contributed by atoms with Crippen LogP contribution in [0.4, 0.5) is 0 Å². The molecule has 30 heavy (non-hydrogen) atoms. The predicted octanol–water partition coefficient (Wildman–Crippen LogP) is 4.36. The van der Waals surface area contributed by atoms with Gasteiger partial charge in [-0.15, -0.1) is 0 Å². The topological polar surface area (TPSA) is 74.7 Å². The van der Waals surface area contributed by atoms with Crippen LogP contribution in [0.15, 0.2) is 70.7 Å². The van der Waals surface area contributed by atoms with Crippen LogP contribution in [-0.2, 0) is 15.6 Å². The zero-order valence-electron chi connectivity index (χ0n) is 16.8. The van der Waals surface area contributed by atoms with E-state index in [0.29, 0.717) is 32.7 Å². The van der Waals surface area contributed by atoms with E-state index >= 15 is 0 Å². The van der Waals surface area contributed by atoms with Gasteiger partial charge in [0.05, 0.1) is 19.1 Å². The number of nitrogens with zero attached hydrogens (tertiary/aromatic N) is 1. The number of benzene rings is 2. The van der Waals surface area contributed by atoms with Crippen molar-refractivity contribution < 1.29 is 23.2 Å². The van der Waals surface area contributed by atoms with Gasteiger partial charge < -0.3 is 14.2 Å². The van der Waals surface area contributed by atoms with Gasteiger partial charge >= 0.3 is 5.97 Å². The van der Waals surface area contributed by atoms with Gasteiger partial charge in [0, 0.05) is 19.2 Å². The van der Waals surface area contributed by atoms with Crippen LogP contribution in [0.2, 0.25) is 0 Å². The van der Waals surface area contributed by atoms with Crippen molar-refractivity contribution in [2.75, 3.05) is 14.2 Å². The van der Waals surface area contributed by atoms with Crippen molar-refractivity contribution in [1.29, 1.82) is 0 Å². The summed E-state index contributed by atoms with van der Waals surface area (Å²) >= 11 is 0. The quantitative estimate of drug-likeness (QED) is 0.319. The van der Waals surface area contributed by atoms with Crippen LogP contribution in [-0.4, -0.2) is 29.4 Å². The van der Waals surface area contributed by atoms with Crippen LogP contribution < -0.4 is 14.2 Å². The second-order valence-electron chi connectivity index (χ2n) is 6.18. The second kappa shape index (κ2) is 9.84. The van der Waals surface area contributed by atoms with Gasteiger partial charge in [0.25, 0.3) is 0 Å². The highest BCUT2D eigenvalue weighted by Crippen LogP contribution is 2.34. The lowest BCUT2D eigenvalue weighted by Gasteiger charge is -2.13. The lowest BCUT2D eigenvalue weighted by atomic mass is 10.1. The third-order valence-corrected chi connectivity index (χ3v) is 5.55. The first-order chi connectivity index (χ1) is 14.5. The predicted molar refractivity (Wildman–Crippen MR) is 115 cm³/mol. The zero-order valence-corrected chi connectivity index (χ0v) is 17.6. The van der Waals surface area contributed by atoms with Crippen molar-refractivity contribution in [1.82, 2.24) is 4.98 Å². The van der Waals surface area contributed by atoms with E-state index < -0.39 is 10.8 Å². The molecule has 0 N–H and O–H groups in total. The largest absolute Gasteiger partial charge is 0.497 e. The van der Waals surface area contributed by atoms with Crippen molar-refractivity contribution in [2.45, 2.75) is 16.8 Å². The Labute approximate surface area is 177 Å². The van der Waals surface area contributed by atoms with E-state index in [9.17, 15) is 9.00 Å². The Morgan fingerprint density at radius 3 is 2.33 bits per heavy atom. The fourth-order valence-corrected chi connectivity index (χ4v) is 3.98. The summed E-state index contributed by atoms with van der Waals surface area (Å²) in [6.07, 6.45) is 5.30. The van der Waals surface area contributed by atoms with E-state index in [1.165, 1.54) is 14.0 Å². The molecule has 0 aliphatic carbocycles. The number of ether oxygens (including phenoxy) is 3. The Hall–Kier alpha value is -3.45. The molecule has 6 nitrogen and oxygen atoms in total. The molecule has 0 saturated heterocycles. The molecule has 1 aromatic heterocycles. The first-order valence-corrected chi connectivity index (χ1v) is 10.2. The summed E-state index contributed by atoms with van der Waals surface area (Å²) in [4.78, 5) is 15.8. The molecular formula is C23H21NO5S. The van der Waals surface area contributed by atoms with Gasteiger partial charge in [-0.3, -0.25) is 4.79 Å². The molecule has 1 heterocycles. The third kappa shape index (κ3) is 5.12. The average molecular weight is 423 g/mol. The summed E-state index contributed by atoms with van der Waals surface area (Å²) in [6.45, 7) is 1.35. The van der Waals surface area contributed by atoms with Crippen LogP contribution in [0.25, 0.3) is 12.2 Å². The van der Waals surface area contributed by atoms with E-state index in [4.69, 9.17) is 14.2 Å². The number of carbonyl (C=O) groups excluding carboxylic acids is 1. The maximum atomic E-state index is 13.3. The molecule has 1 unspecified atom stereocenters. The van der Waals surface area contributed by atoms with Gasteiger partial charge in [-0.25, -0.2) is 9.19 Å². The lowest BCUT2D eigenvalue weighted by Crippen LogP contribution is -2.02. The Balaban J connectivity index is 2.01. The normalized spacial score (nSPS) is 11.8. The van der Waals surface area contributed by atoms with Crippen molar-refractivity contribution in [3.8, 4) is 17.2 Å².